The van der Waals surface area contributed by atoms with Gasteiger partial charge in [-0.3, -0.25) is 4.39 Å². The van der Waals surface area contributed by atoms with Crippen molar-refractivity contribution in [2.45, 2.75) is 12.8 Å². The zero-order chi connectivity index (χ0) is 20.1. The topological polar surface area (TPSA) is 109 Å². The number of hydrogen-bond donors (Lipinski definition) is 1. The van der Waals surface area contributed by atoms with Gasteiger partial charge in [-0.05, 0) is 25.0 Å². The van der Waals surface area contributed by atoms with Gasteiger partial charge in [-0.25, -0.2) is 21.9 Å². The summed E-state index contributed by atoms with van der Waals surface area (Å²) in [6, 6.07) is 1.64. The maximum atomic E-state index is 14.3. The number of hydrogen-bond acceptors (Lipinski definition) is 5. The minimum atomic E-state index is -5.53. The molecule has 0 aromatic heterocycles. The molecule has 0 radical (unpaired) electrons. The normalized spacial score (nSPS) is 12.2. The number of rotatable bonds is 10. The largest absolute Gasteiger partial charge is 0.478 e. The second-order valence-corrected chi connectivity index (χ2v) is 9.10. The lowest BCUT2D eigenvalue weighted by Gasteiger charge is -2.21. The van der Waals surface area contributed by atoms with Gasteiger partial charge in [0.1, 0.15) is 15.4 Å². The zero-order valence-electron chi connectivity index (χ0n) is 13.2. The molecule has 1 aromatic carbocycles. The minimum Gasteiger partial charge on any atom is -0.478 e. The van der Waals surface area contributed by atoms with E-state index >= 15 is 0 Å². The maximum absolute atomic E-state index is 14.3. The van der Waals surface area contributed by atoms with Gasteiger partial charge in [0, 0.05) is 6.54 Å². The van der Waals surface area contributed by atoms with Crippen LogP contribution in [0, 0.1) is 5.82 Å². The molecule has 0 amide bonds. The van der Waals surface area contributed by atoms with Crippen LogP contribution in [0.5, 0.6) is 0 Å². The highest BCUT2D eigenvalue weighted by molar-refractivity contribution is 7.91. The molecule has 0 aliphatic rings. The molecule has 1 rings (SSSR count). The van der Waals surface area contributed by atoms with Crippen molar-refractivity contribution in [3.05, 3.63) is 28.5 Å². The van der Waals surface area contributed by atoms with Gasteiger partial charge in [-0.15, -0.1) is 0 Å². The van der Waals surface area contributed by atoms with Crippen LogP contribution in [0.1, 0.15) is 23.2 Å². The standard InChI is InChI=1S/C13H15ClF3NO6S2/c14-9-3-4-10(12(16)11(9)13(19)20)18(26(17,23)24)6-2-8-25(21,22)7-1-5-15/h3-4H,1-2,5-8H2,(H,19,20). The second kappa shape index (κ2) is 8.91. The van der Waals surface area contributed by atoms with Crippen LogP contribution in [-0.2, 0) is 20.2 Å². The van der Waals surface area contributed by atoms with E-state index in [1.165, 1.54) is 0 Å². The van der Waals surface area contributed by atoms with Crippen LogP contribution < -0.4 is 4.31 Å². The highest BCUT2D eigenvalue weighted by atomic mass is 35.5. The van der Waals surface area contributed by atoms with Crippen molar-refractivity contribution in [2.24, 2.45) is 0 Å². The summed E-state index contributed by atoms with van der Waals surface area (Å²) in [7, 11) is -9.23. The molecule has 1 N–H and O–H groups in total. The smallest absolute Gasteiger partial charge is 0.399 e. The first-order chi connectivity index (χ1) is 11.9. The Hall–Kier alpha value is -1.53. The molecule has 0 atom stereocenters. The fourth-order valence-electron chi connectivity index (χ4n) is 2.08. The summed E-state index contributed by atoms with van der Waals surface area (Å²) in [6.45, 7) is -1.62. The van der Waals surface area contributed by atoms with E-state index in [2.05, 4.69) is 0 Å². The van der Waals surface area contributed by atoms with Crippen LogP contribution in [0.25, 0.3) is 0 Å². The molecule has 0 bridgehead atoms. The second-order valence-electron chi connectivity index (χ2n) is 5.12. The fourth-order valence-corrected chi connectivity index (χ4v) is 4.35. The van der Waals surface area contributed by atoms with E-state index in [1.54, 1.807) is 0 Å². The molecule has 0 aliphatic carbocycles. The number of anilines is 1. The van der Waals surface area contributed by atoms with Gasteiger partial charge in [-0.2, -0.15) is 8.42 Å². The molecule has 26 heavy (non-hydrogen) atoms. The molecule has 7 nitrogen and oxygen atoms in total. The lowest BCUT2D eigenvalue weighted by molar-refractivity contribution is 0.0692. The highest BCUT2D eigenvalue weighted by Gasteiger charge is 2.29. The fraction of sp³-hybridized carbons (Fsp3) is 0.462. The number of sulfone groups is 1. The van der Waals surface area contributed by atoms with Crippen molar-refractivity contribution in [2.75, 3.05) is 29.0 Å². The van der Waals surface area contributed by atoms with E-state index in [4.69, 9.17) is 16.7 Å². The number of nitrogens with zero attached hydrogens (tertiary/aromatic N) is 1. The van der Waals surface area contributed by atoms with Gasteiger partial charge in [0.15, 0.2) is 5.82 Å². The van der Waals surface area contributed by atoms with Crippen LogP contribution in [-0.4, -0.2) is 52.6 Å². The molecule has 13 heteroatoms. The van der Waals surface area contributed by atoms with Crippen molar-refractivity contribution in [1.82, 2.24) is 0 Å². The zero-order valence-corrected chi connectivity index (χ0v) is 15.6. The molecule has 0 aliphatic heterocycles. The predicted molar refractivity (Wildman–Crippen MR) is 89.6 cm³/mol. The van der Waals surface area contributed by atoms with E-state index in [9.17, 15) is 34.3 Å². The molecule has 0 saturated carbocycles. The first-order valence-electron chi connectivity index (χ1n) is 7.10. The van der Waals surface area contributed by atoms with Crippen LogP contribution in [0.15, 0.2) is 12.1 Å². The Morgan fingerprint density at radius 2 is 1.73 bits per heavy atom. The monoisotopic (exact) mass is 437 g/mol. The van der Waals surface area contributed by atoms with Gasteiger partial charge in [0.2, 0.25) is 0 Å². The van der Waals surface area contributed by atoms with Crippen molar-refractivity contribution < 1.29 is 39.4 Å². The number of benzene rings is 1. The molecule has 0 heterocycles. The van der Waals surface area contributed by atoms with Crippen molar-refractivity contribution >= 4 is 43.5 Å². The van der Waals surface area contributed by atoms with Gasteiger partial charge in [0.25, 0.3) is 0 Å². The van der Waals surface area contributed by atoms with Crippen LogP contribution in [0.3, 0.4) is 0 Å². The van der Waals surface area contributed by atoms with Crippen LogP contribution in [0.2, 0.25) is 5.02 Å². The first kappa shape index (κ1) is 22.5. The third-order valence-corrected chi connectivity index (χ3v) is 6.26. The van der Waals surface area contributed by atoms with Gasteiger partial charge >= 0.3 is 16.4 Å². The predicted octanol–water partition coefficient (Wildman–Crippen LogP) is 2.36. The molecular weight excluding hydrogens is 423 g/mol. The number of carboxylic acids is 1. The van der Waals surface area contributed by atoms with Crippen molar-refractivity contribution in [1.29, 1.82) is 0 Å². The summed E-state index contributed by atoms with van der Waals surface area (Å²) >= 11 is 5.54. The van der Waals surface area contributed by atoms with Crippen LogP contribution >= 0.6 is 11.6 Å². The Labute approximate surface area is 153 Å². The lowest BCUT2D eigenvalue weighted by Crippen LogP contribution is -2.31. The molecule has 0 unspecified atom stereocenters. The third-order valence-electron chi connectivity index (χ3n) is 3.22. The Morgan fingerprint density at radius 3 is 2.23 bits per heavy atom. The van der Waals surface area contributed by atoms with Gasteiger partial charge < -0.3 is 5.11 Å². The SMILES string of the molecule is O=C(O)c1c(Cl)ccc(N(CCCS(=O)(=O)CCCF)S(=O)(=O)F)c1F. The minimum absolute atomic E-state index is 0.0875. The van der Waals surface area contributed by atoms with Gasteiger partial charge in [-0.1, -0.05) is 15.5 Å². The summed E-state index contributed by atoms with van der Waals surface area (Å²) in [5.74, 6) is -4.42. The van der Waals surface area contributed by atoms with E-state index in [-0.39, 0.29) is 10.7 Å². The number of carboxylic acid groups (broad SMARTS) is 1. The summed E-state index contributed by atoms with van der Waals surface area (Å²) in [5, 5.41) is 8.40. The quantitative estimate of drug-likeness (QED) is 0.563. The Kier molecular flexibility index (Phi) is 7.71. The van der Waals surface area contributed by atoms with Crippen molar-refractivity contribution in [3.63, 3.8) is 0 Å². The maximum Gasteiger partial charge on any atom is 0.399 e. The number of carbonyl (C=O) groups is 1. The van der Waals surface area contributed by atoms with E-state index < -0.39 is 79.5 Å². The summed E-state index contributed by atoms with van der Waals surface area (Å²) < 4.78 is 85.6. The average Bonchev–Trinajstić information content (AvgIpc) is 2.49. The highest BCUT2D eigenvalue weighted by Crippen LogP contribution is 2.30. The van der Waals surface area contributed by atoms with E-state index in [0.717, 1.165) is 12.1 Å². The Morgan fingerprint density at radius 1 is 1.15 bits per heavy atom. The average molecular weight is 438 g/mol. The number of halogens is 4. The molecule has 0 fully saturated rings. The van der Waals surface area contributed by atoms with Crippen molar-refractivity contribution in [3.8, 4) is 0 Å². The van der Waals surface area contributed by atoms with Crippen LogP contribution in [0.4, 0.5) is 18.4 Å². The molecular formula is C13H15ClF3NO6S2. The Bertz CT molecular complexity index is 876. The first-order valence-corrected chi connectivity index (χ1v) is 10.6. The number of aromatic carboxylic acids is 1. The van der Waals surface area contributed by atoms with Gasteiger partial charge in [0.05, 0.1) is 28.9 Å². The summed E-state index contributed by atoms with van der Waals surface area (Å²) in [6.07, 6.45) is -0.649. The molecule has 1 aromatic rings. The van der Waals surface area contributed by atoms with E-state index in [0.29, 0.717) is 0 Å². The summed E-state index contributed by atoms with van der Waals surface area (Å²) in [5.41, 5.74) is -1.97. The summed E-state index contributed by atoms with van der Waals surface area (Å²) in [4.78, 5) is 11.0. The molecule has 0 spiro atoms. The third kappa shape index (κ3) is 6.02. The molecule has 0 saturated heterocycles. The van der Waals surface area contributed by atoms with E-state index in [1.807, 2.05) is 0 Å². The number of alkyl halides is 1. The molecule has 148 valence electrons. The Balaban J connectivity index is 3.11. The lowest BCUT2D eigenvalue weighted by atomic mass is 10.2.